The summed E-state index contributed by atoms with van der Waals surface area (Å²) in [6, 6.07) is -0.918. The zero-order valence-electron chi connectivity index (χ0n) is 7.13. The van der Waals surface area contributed by atoms with Crippen LogP contribution in [0, 0.1) is 0 Å². The fourth-order valence-electron chi connectivity index (χ4n) is 0.718. The molecular formula is C6H14FN4O2+. The highest BCUT2D eigenvalue weighted by Crippen LogP contribution is 1.95. The van der Waals surface area contributed by atoms with Crippen molar-refractivity contribution >= 4 is 11.9 Å². The first-order chi connectivity index (χ1) is 5.93. The highest BCUT2D eigenvalue weighted by Gasteiger charge is 2.12. The quantitative estimate of drug-likeness (QED) is 0.197. The van der Waals surface area contributed by atoms with Crippen LogP contribution >= 0.6 is 0 Å². The molecule has 0 aromatic carbocycles. The van der Waals surface area contributed by atoms with Gasteiger partial charge in [-0.15, -0.1) is 0 Å². The number of nitrogens with two attached hydrogens (primary N) is 2. The standard InChI is InChI=1S/C6H13FN4O2/c7-4(11-6(9)10)2-1-3(8)5(12)13/h3-4H,1-2,8H2,(H,12,13)(H4,9,10,11)/p+1. The molecule has 0 aliphatic heterocycles. The summed E-state index contributed by atoms with van der Waals surface area (Å²) in [5, 5.41) is 10.2. The van der Waals surface area contributed by atoms with Gasteiger partial charge in [-0.2, -0.15) is 0 Å². The van der Waals surface area contributed by atoms with Crippen LogP contribution in [0.5, 0.6) is 0 Å². The van der Waals surface area contributed by atoms with Crippen molar-refractivity contribution in [3.8, 4) is 0 Å². The lowest BCUT2D eigenvalue weighted by Gasteiger charge is -2.08. The highest BCUT2D eigenvalue weighted by atomic mass is 19.1. The number of carbonyl (C=O) groups is 1. The lowest BCUT2D eigenvalue weighted by atomic mass is 10.1. The van der Waals surface area contributed by atoms with E-state index < -0.39 is 18.3 Å². The number of carboxylic acids is 1. The lowest BCUT2D eigenvalue weighted by Crippen LogP contribution is -2.82. The topological polar surface area (TPSA) is 134 Å². The van der Waals surface area contributed by atoms with Crippen LogP contribution in [0.3, 0.4) is 0 Å². The van der Waals surface area contributed by atoms with E-state index in [4.69, 9.17) is 11.5 Å². The number of hydrogen-bond donors (Lipinski definition) is 4. The minimum absolute atomic E-state index is 0.0277. The minimum Gasteiger partial charge on any atom is -0.544 e. The summed E-state index contributed by atoms with van der Waals surface area (Å²) < 4.78 is 12.7. The van der Waals surface area contributed by atoms with Crippen molar-refractivity contribution in [3.05, 3.63) is 0 Å². The second kappa shape index (κ2) is 5.31. The largest absolute Gasteiger partial charge is 0.544 e. The first-order valence-corrected chi connectivity index (χ1v) is 3.76. The highest BCUT2D eigenvalue weighted by molar-refractivity contribution is 5.69. The van der Waals surface area contributed by atoms with Gasteiger partial charge in [-0.3, -0.25) is 11.5 Å². The van der Waals surface area contributed by atoms with Crippen LogP contribution < -0.4 is 27.3 Å². The van der Waals surface area contributed by atoms with Crippen molar-refractivity contribution in [2.24, 2.45) is 11.5 Å². The van der Waals surface area contributed by atoms with Gasteiger partial charge in [0, 0.05) is 12.8 Å². The number of rotatable bonds is 5. The molecular weight excluding hydrogens is 179 g/mol. The van der Waals surface area contributed by atoms with Gasteiger partial charge in [-0.25, -0.2) is 9.38 Å². The molecule has 0 amide bonds. The maximum Gasteiger partial charge on any atom is 0.341 e. The van der Waals surface area contributed by atoms with Crippen molar-refractivity contribution in [3.63, 3.8) is 0 Å². The Morgan fingerprint density at radius 2 is 2.08 bits per heavy atom. The molecule has 76 valence electrons. The summed E-state index contributed by atoms with van der Waals surface area (Å²) >= 11 is 0. The number of guanidine groups is 1. The molecule has 0 saturated heterocycles. The van der Waals surface area contributed by atoms with Gasteiger partial charge in [0.1, 0.15) is 6.04 Å². The maximum atomic E-state index is 12.7. The molecule has 0 aliphatic rings. The molecule has 2 atom stereocenters. The summed E-state index contributed by atoms with van der Waals surface area (Å²) in [5.41, 5.74) is 13.2. The van der Waals surface area contributed by atoms with Crippen molar-refractivity contribution in [1.82, 2.24) is 0 Å². The molecule has 0 aromatic heterocycles. The second-order valence-electron chi connectivity index (χ2n) is 2.66. The molecule has 0 bridgehead atoms. The van der Waals surface area contributed by atoms with Crippen LogP contribution in [0.2, 0.25) is 0 Å². The Morgan fingerprint density at radius 1 is 1.54 bits per heavy atom. The Bertz CT molecular complexity index is 205. The van der Waals surface area contributed by atoms with Crippen LogP contribution in [-0.4, -0.2) is 24.3 Å². The minimum atomic E-state index is -1.45. The third kappa shape index (κ3) is 5.85. The van der Waals surface area contributed by atoms with Gasteiger partial charge in [-0.05, 0) is 0 Å². The van der Waals surface area contributed by atoms with Crippen molar-refractivity contribution < 1.29 is 25.0 Å². The van der Waals surface area contributed by atoms with E-state index in [1.54, 1.807) is 0 Å². The van der Waals surface area contributed by atoms with Crippen LogP contribution in [-0.2, 0) is 4.79 Å². The molecule has 13 heavy (non-hydrogen) atoms. The molecule has 0 spiro atoms. The van der Waals surface area contributed by atoms with E-state index in [2.05, 4.69) is 10.7 Å². The fourth-order valence-corrected chi connectivity index (χ4v) is 0.718. The Labute approximate surface area is 74.6 Å². The predicted octanol–water partition coefficient (Wildman–Crippen LogP) is -5.22. The number of alkyl halides is 1. The zero-order chi connectivity index (χ0) is 10.4. The number of nitrogens with one attached hydrogen (secondary N) is 1. The molecule has 0 heterocycles. The van der Waals surface area contributed by atoms with Gasteiger partial charge in [-0.1, -0.05) is 0 Å². The van der Waals surface area contributed by atoms with Gasteiger partial charge < -0.3 is 15.6 Å². The molecule has 0 fully saturated rings. The fraction of sp³-hybridized carbons (Fsp3) is 0.667. The maximum absolute atomic E-state index is 12.7. The predicted molar refractivity (Wildman–Crippen MR) is 40.2 cm³/mol. The van der Waals surface area contributed by atoms with E-state index in [1.165, 1.54) is 0 Å². The SMILES string of the molecule is NC(N)=[NH+]C(F)CCC([NH3+])C(=O)[O-]. The number of halogens is 1. The monoisotopic (exact) mass is 193 g/mol. The lowest BCUT2D eigenvalue weighted by molar-refractivity contribution is -0.542. The van der Waals surface area contributed by atoms with Gasteiger partial charge in [0.2, 0.25) is 6.30 Å². The van der Waals surface area contributed by atoms with E-state index in [-0.39, 0.29) is 18.8 Å². The second-order valence-corrected chi connectivity index (χ2v) is 2.66. The van der Waals surface area contributed by atoms with E-state index in [1.807, 2.05) is 0 Å². The van der Waals surface area contributed by atoms with E-state index in [0.29, 0.717) is 0 Å². The van der Waals surface area contributed by atoms with Gasteiger partial charge >= 0.3 is 5.96 Å². The van der Waals surface area contributed by atoms with Crippen LogP contribution in [0.1, 0.15) is 12.8 Å². The van der Waals surface area contributed by atoms with E-state index in [0.717, 1.165) is 0 Å². The van der Waals surface area contributed by atoms with Gasteiger partial charge in [0.15, 0.2) is 0 Å². The molecule has 0 aliphatic carbocycles. The Morgan fingerprint density at radius 3 is 2.46 bits per heavy atom. The van der Waals surface area contributed by atoms with E-state index in [9.17, 15) is 14.3 Å². The number of quaternary nitrogens is 1. The van der Waals surface area contributed by atoms with Crippen molar-refractivity contribution in [1.29, 1.82) is 0 Å². The molecule has 2 unspecified atom stereocenters. The molecule has 7 heteroatoms. The van der Waals surface area contributed by atoms with Crippen molar-refractivity contribution in [2.75, 3.05) is 0 Å². The molecule has 6 nitrogen and oxygen atoms in total. The third-order valence-electron chi connectivity index (χ3n) is 1.43. The number of carbonyl (C=O) groups excluding carboxylic acids is 1. The Kier molecular flexibility index (Phi) is 4.75. The van der Waals surface area contributed by atoms with Gasteiger partial charge in [0.05, 0.1) is 5.97 Å². The summed E-state index contributed by atoms with van der Waals surface area (Å²) in [5.74, 6) is -1.53. The molecule has 0 radical (unpaired) electrons. The van der Waals surface area contributed by atoms with Crippen LogP contribution in [0.15, 0.2) is 0 Å². The number of carboxylic acid groups (broad SMARTS) is 1. The smallest absolute Gasteiger partial charge is 0.341 e. The Balaban J connectivity index is 3.76. The first kappa shape index (κ1) is 11.6. The third-order valence-corrected chi connectivity index (χ3v) is 1.43. The number of hydrogen-bond acceptors (Lipinski definition) is 2. The Hall–Kier alpha value is -1.37. The summed E-state index contributed by atoms with van der Waals surface area (Å²) in [7, 11) is 0. The normalized spacial score (nSPS) is 14.6. The number of aliphatic carboxylic acids is 1. The summed E-state index contributed by atoms with van der Waals surface area (Å²) in [4.78, 5) is 12.3. The average Bonchev–Trinajstić information content (AvgIpc) is 1.98. The van der Waals surface area contributed by atoms with E-state index >= 15 is 0 Å². The first-order valence-electron chi connectivity index (χ1n) is 3.76. The molecule has 8 N–H and O–H groups in total. The molecule has 0 aromatic rings. The molecule has 0 rings (SSSR count). The molecule has 0 saturated carbocycles. The summed E-state index contributed by atoms with van der Waals surface area (Å²) in [6.45, 7) is 0. The zero-order valence-corrected chi connectivity index (χ0v) is 7.13. The summed E-state index contributed by atoms with van der Waals surface area (Å²) in [6.07, 6.45) is -1.40. The van der Waals surface area contributed by atoms with Crippen molar-refractivity contribution in [2.45, 2.75) is 25.2 Å². The average molecular weight is 193 g/mol. The van der Waals surface area contributed by atoms with Crippen LogP contribution in [0.25, 0.3) is 0 Å². The van der Waals surface area contributed by atoms with Crippen LogP contribution in [0.4, 0.5) is 4.39 Å². The van der Waals surface area contributed by atoms with Gasteiger partial charge in [0.25, 0.3) is 0 Å².